The zero-order valence-corrected chi connectivity index (χ0v) is 15.9. The van der Waals surface area contributed by atoms with Crippen LogP contribution in [0.3, 0.4) is 0 Å². The maximum Gasteiger partial charge on any atom is 0.191 e. The molecule has 0 saturated carbocycles. The summed E-state index contributed by atoms with van der Waals surface area (Å²) >= 11 is 0. The van der Waals surface area contributed by atoms with Gasteiger partial charge in [-0.2, -0.15) is 0 Å². The Morgan fingerprint density at radius 1 is 1.10 bits per heavy atom. The molecule has 0 aliphatic carbocycles. The van der Waals surface area contributed by atoms with Gasteiger partial charge in [-0.15, -0.1) is 24.0 Å². The normalized spacial score (nSPS) is 11.3. The number of nitrogens with zero attached hydrogens (tertiary/aromatic N) is 2. The highest BCUT2D eigenvalue weighted by atomic mass is 127. The first-order valence-corrected chi connectivity index (χ1v) is 7.60. The summed E-state index contributed by atoms with van der Waals surface area (Å²) in [7, 11) is 0. The van der Waals surface area contributed by atoms with E-state index in [2.05, 4.69) is 41.3 Å². The van der Waals surface area contributed by atoms with E-state index >= 15 is 0 Å². The van der Waals surface area contributed by atoms with E-state index in [1.807, 2.05) is 6.92 Å². The van der Waals surface area contributed by atoms with Crippen molar-refractivity contribution in [3.8, 4) is 0 Å². The van der Waals surface area contributed by atoms with Gasteiger partial charge in [0.1, 0.15) is 0 Å². The van der Waals surface area contributed by atoms with Crippen LogP contribution in [-0.4, -0.2) is 63.3 Å². The van der Waals surface area contributed by atoms with Gasteiger partial charge in [-0.25, -0.2) is 0 Å². The Labute approximate surface area is 141 Å². The fourth-order valence-electron chi connectivity index (χ4n) is 1.72. The third-order valence-corrected chi connectivity index (χ3v) is 2.88. The van der Waals surface area contributed by atoms with Crippen molar-refractivity contribution in [3.05, 3.63) is 0 Å². The maximum absolute atomic E-state index is 5.30. The Morgan fingerprint density at radius 3 is 2.35 bits per heavy atom. The van der Waals surface area contributed by atoms with Crippen molar-refractivity contribution in [1.29, 1.82) is 0 Å². The minimum atomic E-state index is 0. The molecule has 0 amide bonds. The van der Waals surface area contributed by atoms with Crippen LogP contribution in [0.25, 0.3) is 0 Å². The Kier molecular flexibility index (Phi) is 18.8. The molecule has 0 spiro atoms. The Balaban J connectivity index is 0. The number of halogens is 1. The third kappa shape index (κ3) is 12.9. The van der Waals surface area contributed by atoms with Gasteiger partial charge in [-0.1, -0.05) is 13.8 Å². The highest BCUT2D eigenvalue weighted by Gasteiger charge is 2.00. The van der Waals surface area contributed by atoms with Gasteiger partial charge in [-0.05, 0) is 33.4 Å². The second-order valence-electron chi connectivity index (χ2n) is 4.26. The molecule has 0 unspecified atom stereocenters. The molecule has 0 aliphatic rings. The fourth-order valence-corrected chi connectivity index (χ4v) is 1.72. The largest absolute Gasteiger partial charge is 0.382 e. The fraction of sp³-hybridized carbons (Fsp3) is 0.929. The lowest BCUT2D eigenvalue weighted by Crippen LogP contribution is -2.41. The molecular formula is C14H33IN4O. The summed E-state index contributed by atoms with van der Waals surface area (Å²) in [6.45, 7) is 15.9. The van der Waals surface area contributed by atoms with E-state index in [4.69, 9.17) is 4.74 Å². The van der Waals surface area contributed by atoms with Gasteiger partial charge >= 0.3 is 0 Å². The first kappa shape index (κ1) is 22.2. The highest BCUT2D eigenvalue weighted by Crippen LogP contribution is 1.86. The summed E-state index contributed by atoms with van der Waals surface area (Å²) in [4.78, 5) is 6.92. The van der Waals surface area contributed by atoms with Crippen molar-refractivity contribution in [1.82, 2.24) is 15.5 Å². The van der Waals surface area contributed by atoms with Crippen LogP contribution in [0.15, 0.2) is 4.99 Å². The van der Waals surface area contributed by atoms with Gasteiger partial charge in [0.2, 0.25) is 0 Å². The van der Waals surface area contributed by atoms with Crippen LogP contribution in [-0.2, 0) is 4.74 Å². The van der Waals surface area contributed by atoms with Crippen LogP contribution < -0.4 is 10.6 Å². The topological polar surface area (TPSA) is 48.9 Å². The van der Waals surface area contributed by atoms with E-state index in [0.717, 1.165) is 64.9 Å². The van der Waals surface area contributed by atoms with E-state index in [1.54, 1.807) is 0 Å². The average Bonchev–Trinajstić information content (AvgIpc) is 2.43. The van der Waals surface area contributed by atoms with Crippen LogP contribution in [0.5, 0.6) is 0 Å². The van der Waals surface area contributed by atoms with Crippen molar-refractivity contribution in [2.75, 3.05) is 52.5 Å². The van der Waals surface area contributed by atoms with Gasteiger partial charge in [0.05, 0.1) is 0 Å². The zero-order chi connectivity index (χ0) is 14.3. The number of nitrogens with one attached hydrogen (secondary N) is 2. The van der Waals surface area contributed by atoms with Gasteiger partial charge in [0.25, 0.3) is 0 Å². The second-order valence-corrected chi connectivity index (χ2v) is 4.26. The minimum absolute atomic E-state index is 0. The third-order valence-electron chi connectivity index (χ3n) is 2.88. The van der Waals surface area contributed by atoms with E-state index in [-0.39, 0.29) is 24.0 Å². The van der Waals surface area contributed by atoms with Gasteiger partial charge in [0, 0.05) is 39.4 Å². The molecule has 2 N–H and O–H groups in total. The molecule has 6 heteroatoms. The molecule has 0 heterocycles. The molecule has 0 aromatic rings. The molecule has 0 aromatic heterocycles. The van der Waals surface area contributed by atoms with Crippen molar-refractivity contribution in [2.45, 2.75) is 34.1 Å². The van der Waals surface area contributed by atoms with Crippen LogP contribution in [0, 0.1) is 0 Å². The maximum atomic E-state index is 5.30. The SMILES string of the molecule is CCNC(=NCCCOCC)NCCN(CC)CC.I. The molecule has 5 nitrogen and oxygen atoms in total. The van der Waals surface area contributed by atoms with E-state index in [9.17, 15) is 0 Å². The summed E-state index contributed by atoms with van der Waals surface area (Å²) in [5, 5.41) is 6.63. The number of rotatable bonds is 11. The standard InChI is InChI=1S/C14H32N4O.HI/c1-5-15-14(16-10-9-13-19-8-4)17-11-12-18(6-2)7-3;/h5-13H2,1-4H3,(H2,15,16,17);1H. The van der Waals surface area contributed by atoms with Crippen LogP contribution >= 0.6 is 24.0 Å². The number of hydrogen-bond donors (Lipinski definition) is 2. The Morgan fingerprint density at radius 2 is 1.80 bits per heavy atom. The predicted octanol–water partition coefficient (Wildman–Crippen LogP) is 1.93. The second kappa shape index (κ2) is 17.0. The predicted molar refractivity (Wildman–Crippen MR) is 98.3 cm³/mol. The molecule has 0 fully saturated rings. The summed E-state index contributed by atoms with van der Waals surface area (Å²) in [5.74, 6) is 0.908. The summed E-state index contributed by atoms with van der Waals surface area (Å²) in [5.41, 5.74) is 0. The van der Waals surface area contributed by atoms with Crippen LogP contribution in [0.2, 0.25) is 0 Å². The molecule has 0 saturated heterocycles. The number of guanidine groups is 1. The van der Waals surface area contributed by atoms with Crippen molar-refractivity contribution >= 4 is 29.9 Å². The van der Waals surface area contributed by atoms with Crippen LogP contribution in [0.4, 0.5) is 0 Å². The first-order chi connectivity index (χ1) is 9.28. The van der Waals surface area contributed by atoms with Gasteiger partial charge in [0.15, 0.2) is 5.96 Å². The molecular weight excluding hydrogens is 367 g/mol. The Bertz CT molecular complexity index is 223. The molecule has 0 bridgehead atoms. The number of hydrogen-bond acceptors (Lipinski definition) is 3. The molecule has 20 heavy (non-hydrogen) atoms. The van der Waals surface area contributed by atoms with Crippen molar-refractivity contribution < 1.29 is 4.74 Å². The van der Waals surface area contributed by atoms with Crippen LogP contribution in [0.1, 0.15) is 34.1 Å². The van der Waals surface area contributed by atoms with E-state index in [0.29, 0.717) is 0 Å². The Hall–Kier alpha value is -0.0800. The molecule has 0 atom stereocenters. The van der Waals surface area contributed by atoms with Crippen molar-refractivity contribution in [3.63, 3.8) is 0 Å². The van der Waals surface area contributed by atoms with Gasteiger partial charge in [-0.3, -0.25) is 4.99 Å². The molecule has 0 aliphatic heterocycles. The zero-order valence-electron chi connectivity index (χ0n) is 13.6. The van der Waals surface area contributed by atoms with Gasteiger partial charge < -0.3 is 20.3 Å². The average molecular weight is 400 g/mol. The summed E-state index contributed by atoms with van der Waals surface area (Å²) in [6, 6.07) is 0. The summed E-state index contributed by atoms with van der Waals surface area (Å²) < 4.78 is 5.30. The molecule has 0 aromatic carbocycles. The highest BCUT2D eigenvalue weighted by molar-refractivity contribution is 14.0. The lowest BCUT2D eigenvalue weighted by Gasteiger charge is -2.19. The smallest absolute Gasteiger partial charge is 0.191 e. The van der Waals surface area contributed by atoms with E-state index < -0.39 is 0 Å². The number of likely N-dealkylation sites (N-methyl/N-ethyl adjacent to an activating group) is 1. The van der Waals surface area contributed by atoms with Crippen molar-refractivity contribution in [2.24, 2.45) is 4.99 Å². The minimum Gasteiger partial charge on any atom is -0.382 e. The number of ether oxygens (including phenoxy) is 1. The molecule has 0 rings (SSSR count). The molecule has 0 radical (unpaired) electrons. The number of aliphatic imine (C=N–C) groups is 1. The lowest BCUT2D eigenvalue weighted by atomic mass is 10.4. The first-order valence-electron chi connectivity index (χ1n) is 7.60. The quantitative estimate of drug-likeness (QED) is 0.241. The monoisotopic (exact) mass is 400 g/mol. The van der Waals surface area contributed by atoms with E-state index in [1.165, 1.54) is 0 Å². The summed E-state index contributed by atoms with van der Waals surface area (Å²) in [6.07, 6.45) is 0.973. The molecule has 122 valence electrons. The lowest BCUT2D eigenvalue weighted by molar-refractivity contribution is 0.146.